The minimum absolute atomic E-state index is 0.146. The molecule has 0 aromatic heterocycles. The fraction of sp³-hybridized carbons (Fsp3) is 0.900. The molecule has 0 radical (unpaired) electrons. The molecule has 2 nitrogen and oxygen atoms in total. The van der Waals surface area contributed by atoms with Crippen molar-refractivity contribution >= 4 is 17.9 Å². The predicted octanol–water partition coefficient (Wildman–Crippen LogP) is 2.16. The largest absolute Gasteiger partial charge is 0.303 e. The average Bonchev–Trinajstić information content (AvgIpc) is 2.01. The van der Waals surface area contributed by atoms with E-state index in [0.29, 0.717) is 12.3 Å². The van der Waals surface area contributed by atoms with Crippen LogP contribution in [0.2, 0.25) is 0 Å². The third kappa shape index (κ3) is 5.27. The first kappa shape index (κ1) is 12.9. The van der Waals surface area contributed by atoms with Crippen LogP contribution < -0.4 is 0 Å². The third-order valence-corrected chi connectivity index (χ3v) is 2.76. The minimum atomic E-state index is 0.146. The molecular weight excluding hydrogens is 186 g/mol. The Labute approximate surface area is 86.2 Å². The summed E-state index contributed by atoms with van der Waals surface area (Å²) < 4.78 is 0. The highest BCUT2D eigenvalue weighted by atomic mass is 35.5. The highest BCUT2D eigenvalue weighted by Gasteiger charge is 2.20. The molecule has 13 heavy (non-hydrogen) atoms. The topological polar surface area (TPSA) is 20.3 Å². The number of nitrogens with zero attached hydrogens (tertiary/aromatic N) is 1. The van der Waals surface area contributed by atoms with Gasteiger partial charge in [-0.05, 0) is 33.7 Å². The molecule has 0 aliphatic carbocycles. The zero-order valence-electron chi connectivity index (χ0n) is 9.01. The third-order valence-electron chi connectivity index (χ3n) is 2.32. The van der Waals surface area contributed by atoms with Crippen molar-refractivity contribution in [3.05, 3.63) is 0 Å². The Kier molecular flexibility index (Phi) is 5.57. The Morgan fingerprint density at radius 2 is 2.00 bits per heavy atom. The molecule has 0 amide bonds. The van der Waals surface area contributed by atoms with Crippen molar-refractivity contribution in [1.82, 2.24) is 4.90 Å². The molecule has 1 atom stereocenters. The molecule has 0 fully saturated rings. The van der Waals surface area contributed by atoms with Gasteiger partial charge in [-0.2, -0.15) is 0 Å². The molecule has 1 unspecified atom stereocenters. The smallest absolute Gasteiger partial charge is 0.120 e. The summed E-state index contributed by atoms with van der Waals surface area (Å²) in [4.78, 5) is 12.6. The van der Waals surface area contributed by atoms with E-state index in [1.54, 1.807) is 0 Å². The van der Waals surface area contributed by atoms with Crippen LogP contribution in [0, 0.1) is 5.92 Å². The Hall–Kier alpha value is -0.0800. The van der Waals surface area contributed by atoms with Crippen LogP contribution in [0.1, 0.15) is 27.2 Å². The van der Waals surface area contributed by atoms with E-state index in [1.165, 1.54) is 0 Å². The fourth-order valence-electron chi connectivity index (χ4n) is 0.984. The van der Waals surface area contributed by atoms with Crippen molar-refractivity contribution in [2.24, 2.45) is 5.92 Å². The van der Waals surface area contributed by atoms with Gasteiger partial charge in [0.1, 0.15) is 6.29 Å². The van der Waals surface area contributed by atoms with Gasteiger partial charge in [-0.1, -0.05) is 0 Å². The molecule has 0 heterocycles. The number of hydrogen-bond acceptors (Lipinski definition) is 2. The summed E-state index contributed by atoms with van der Waals surface area (Å²) in [6.07, 6.45) is 1.51. The SMILES string of the molecule is CN(CC(CCl)CC=O)C(C)(C)C. The molecule has 0 N–H and O–H groups in total. The summed E-state index contributed by atoms with van der Waals surface area (Å²) >= 11 is 5.75. The maximum Gasteiger partial charge on any atom is 0.120 e. The summed E-state index contributed by atoms with van der Waals surface area (Å²) in [5.74, 6) is 0.836. The summed E-state index contributed by atoms with van der Waals surface area (Å²) in [6, 6.07) is 0. The summed E-state index contributed by atoms with van der Waals surface area (Å²) in [5, 5.41) is 0. The molecule has 0 saturated heterocycles. The molecule has 0 aliphatic rings. The van der Waals surface area contributed by atoms with Crippen LogP contribution >= 0.6 is 11.6 Å². The molecule has 3 heteroatoms. The number of hydrogen-bond donors (Lipinski definition) is 0. The average molecular weight is 206 g/mol. The van der Waals surface area contributed by atoms with Crippen LogP contribution in [0.5, 0.6) is 0 Å². The molecule has 0 spiro atoms. The lowest BCUT2D eigenvalue weighted by Gasteiger charge is -2.34. The molecular formula is C10H20ClNO. The Morgan fingerprint density at radius 1 is 1.46 bits per heavy atom. The maximum absolute atomic E-state index is 10.3. The van der Waals surface area contributed by atoms with Gasteiger partial charge in [0.05, 0.1) is 0 Å². The number of carbonyl (C=O) groups is 1. The molecule has 0 rings (SSSR count). The van der Waals surface area contributed by atoms with E-state index in [-0.39, 0.29) is 11.5 Å². The molecule has 0 aromatic carbocycles. The normalized spacial score (nSPS) is 14.6. The second kappa shape index (κ2) is 5.61. The van der Waals surface area contributed by atoms with Gasteiger partial charge >= 0.3 is 0 Å². The van der Waals surface area contributed by atoms with Crippen LogP contribution in [0.3, 0.4) is 0 Å². The summed E-state index contributed by atoms with van der Waals surface area (Å²) in [6.45, 7) is 7.34. The highest BCUT2D eigenvalue weighted by Crippen LogP contribution is 2.14. The van der Waals surface area contributed by atoms with Crippen molar-refractivity contribution in [1.29, 1.82) is 0 Å². The molecule has 0 bridgehead atoms. The van der Waals surface area contributed by atoms with Gasteiger partial charge in [0.25, 0.3) is 0 Å². The van der Waals surface area contributed by atoms with E-state index in [2.05, 4.69) is 32.7 Å². The Balaban J connectivity index is 4.00. The monoisotopic (exact) mass is 205 g/mol. The van der Waals surface area contributed by atoms with Crippen molar-refractivity contribution in [2.45, 2.75) is 32.7 Å². The van der Waals surface area contributed by atoms with Gasteiger partial charge in [-0.3, -0.25) is 0 Å². The summed E-state index contributed by atoms with van der Waals surface area (Å²) in [7, 11) is 2.06. The Bertz CT molecular complexity index is 153. The lowest BCUT2D eigenvalue weighted by Crippen LogP contribution is -2.41. The van der Waals surface area contributed by atoms with E-state index < -0.39 is 0 Å². The van der Waals surface area contributed by atoms with E-state index in [0.717, 1.165) is 12.8 Å². The number of rotatable bonds is 5. The first-order valence-electron chi connectivity index (χ1n) is 4.62. The van der Waals surface area contributed by atoms with Crippen molar-refractivity contribution < 1.29 is 4.79 Å². The van der Waals surface area contributed by atoms with Gasteiger partial charge < -0.3 is 9.69 Å². The lowest BCUT2D eigenvalue weighted by molar-refractivity contribution is -0.108. The fourth-order valence-corrected chi connectivity index (χ4v) is 1.21. The second-order valence-electron chi connectivity index (χ2n) is 4.47. The van der Waals surface area contributed by atoms with Crippen molar-refractivity contribution in [3.8, 4) is 0 Å². The van der Waals surface area contributed by atoms with E-state index in [1.807, 2.05) is 0 Å². The molecule has 78 valence electrons. The van der Waals surface area contributed by atoms with Gasteiger partial charge in [-0.15, -0.1) is 11.6 Å². The van der Waals surface area contributed by atoms with Gasteiger partial charge in [0.15, 0.2) is 0 Å². The molecule has 0 aromatic rings. The molecule has 0 saturated carbocycles. The van der Waals surface area contributed by atoms with Crippen LogP contribution in [0.25, 0.3) is 0 Å². The standard InChI is InChI=1S/C10H20ClNO/c1-10(2,3)12(4)8-9(7-11)5-6-13/h6,9H,5,7-8H2,1-4H3. The molecule has 0 aliphatic heterocycles. The number of alkyl halides is 1. The van der Waals surface area contributed by atoms with Crippen molar-refractivity contribution in [2.75, 3.05) is 19.5 Å². The van der Waals surface area contributed by atoms with E-state index in [9.17, 15) is 4.79 Å². The second-order valence-corrected chi connectivity index (χ2v) is 4.78. The van der Waals surface area contributed by atoms with Gasteiger partial charge in [0, 0.05) is 24.4 Å². The quantitative estimate of drug-likeness (QED) is 0.507. The minimum Gasteiger partial charge on any atom is -0.303 e. The van der Waals surface area contributed by atoms with E-state index in [4.69, 9.17) is 11.6 Å². The predicted molar refractivity (Wildman–Crippen MR) is 57.3 cm³/mol. The lowest BCUT2D eigenvalue weighted by atomic mass is 10.0. The van der Waals surface area contributed by atoms with Gasteiger partial charge in [0.2, 0.25) is 0 Å². The van der Waals surface area contributed by atoms with E-state index >= 15 is 0 Å². The van der Waals surface area contributed by atoms with Crippen LogP contribution in [0.15, 0.2) is 0 Å². The number of halogens is 1. The van der Waals surface area contributed by atoms with Crippen molar-refractivity contribution in [3.63, 3.8) is 0 Å². The number of aldehydes is 1. The highest BCUT2D eigenvalue weighted by molar-refractivity contribution is 6.18. The first-order chi connectivity index (χ1) is 5.91. The van der Waals surface area contributed by atoms with Crippen LogP contribution in [0.4, 0.5) is 0 Å². The van der Waals surface area contributed by atoms with Crippen LogP contribution in [-0.2, 0) is 4.79 Å². The summed E-state index contributed by atoms with van der Waals surface area (Å²) in [5.41, 5.74) is 0.146. The zero-order chi connectivity index (χ0) is 10.5. The van der Waals surface area contributed by atoms with Crippen LogP contribution in [-0.4, -0.2) is 36.2 Å². The Morgan fingerprint density at radius 3 is 2.31 bits per heavy atom. The van der Waals surface area contributed by atoms with Gasteiger partial charge in [-0.25, -0.2) is 0 Å². The zero-order valence-corrected chi connectivity index (χ0v) is 9.77. The maximum atomic E-state index is 10.3. The first-order valence-corrected chi connectivity index (χ1v) is 5.16. The number of carbonyl (C=O) groups excluding carboxylic acids is 1.